The van der Waals surface area contributed by atoms with Crippen molar-refractivity contribution >= 4 is 11.8 Å². The summed E-state index contributed by atoms with van der Waals surface area (Å²) in [7, 11) is 1.72. The third kappa shape index (κ3) is 7.29. The molecule has 35 heavy (non-hydrogen) atoms. The second-order valence-electron chi connectivity index (χ2n) is 9.00. The Morgan fingerprint density at radius 2 is 1.31 bits per heavy atom. The van der Waals surface area contributed by atoms with Gasteiger partial charge in [-0.25, -0.2) is 4.79 Å². The van der Waals surface area contributed by atoms with E-state index in [1.54, 1.807) is 31.4 Å². The van der Waals surface area contributed by atoms with E-state index >= 15 is 0 Å². The van der Waals surface area contributed by atoms with Crippen LogP contribution in [0.4, 0.5) is 0 Å². The molecule has 0 saturated carbocycles. The molecule has 3 aromatic rings. The predicted molar refractivity (Wildman–Crippen MR) is 141 cm³/mol. The fourth-order valence-corrected chi connectivity index (χ4v) is 4.17. The topological polar surface area (TPSA) is 52.6 Å². The van der Waals surface area contributed by atoms with E-state index in [0.29, 0.717) is 16.9 Å². The number of carbonyl (C=O) groups excluding carboxylic acids is 2. The second-order valence-corrected chi connectivity index (χ2v) is 9.00. The molecule has 0 atom stereocenters. The van der Waals surface area contributed by atoms with Crippen LogP contribution in [0.1, 0.15) is 89.4 Å². The number of aryl methyl sites for hydroxylation is 2. The Morgan fingerprint density at radius 1 is 0.743 bits per heavy atom. The average molecular weight is 473 g/mol. The van der Waals surface area contributed by atoms with Crippen LogP contribution in [0.15, 0.2) is 60.7 Å². The number of ether oxygens (including phenoxy) is 2. The first-order valence-corrected chi connectivity index (χ1v) is 12.6. The summed E-state index contributed by atoms with van der Waals surface area (Å²) in [4.78, 5) is 24.5. The highest BCUT2D eigenvalue weighted by molar-refractivity contribution is 5.98. The Hall–Kier alpha value is -3.40. The van der Waals surface area contributed by atoms with Crippen LogP contribution in [0.3, 0.4) is 0 Å². The fourth-order valence-electron chi connectivity index (χ4n) is 4.17. The number of unbranched alkanes of at least 4 members (excludes halogenated alkanes) is 2. The summed E-state index contributed by atoms with van der Waals surface area (Å²) in [6.45, 7) is 5.84. The predicted octanol–water partition coefficient (Wildman–Crippen LogP) is 7.39. The van der Waals surface area contributed by atoms with E-state index in [1.807, 2.05) is 12.1 Å². The van der Waals surface area contributed by atoms with Crippen LogP contribution in [-0.2, 0) is 19.3 Å². The van der Waals surface area contributed by atoms with Gasteiger partial charge in [-0.15, -0.1) is 0 Å². The van der Waals surface area contributed by atoms with Crippen LogP contribution >= 0.6 is 0 Å². The Labute approximate surface area is 209 Å². The number of carbonyl (C=O) groups is 2. The molecule has 0 bridgehead atoms. The highest BCUT2D eigenvalue weighted by atomic mass is 16.5. The van der Waals surface area contributed by atoms with Crippen LogP contribution in [0.5, 0.6) is 11.5 Å². The van der Waals surface area contributed by atoms with Gasteiger partial charge in [0.1, 0.15) is 11.5 Å². The van der Waals surface area contributed by atoms with E-state index in [-0.39, 0.29) is 5.78 Å². The minimum Gasteiger partial charge on any atom is -0.496 e. The first kappa shape index (κ1) is 26.2. The Morgan fingerprint density at radius 3 is 1.89 bits per heavy atom. The number of benzene rings is 3. The molecule has 4 heteroatoms. The summed E-state index contributed by atoms with van der Waals surface area (Å²) in [5, 5.41) is 0. The standard InChI is InChI=1S/C31H36O4/c1-5-7-10-26-19-23(14-16-29(26)34-4)18-24-15-17-30(27(20-24)11-8-6-2)35-31(33)28-13-9-12-25(21-28)22(3)32/h9,12-17,19-21H,5-8,10-11,18H2,1-4H3. The number of hydrogen-bond donors (Lipinski definition) is 0. The van der Waals surface area contributed by atoms with Crippen LogP contribution in [0, 0.1) is 0 Å². The van der Waals surface area contributed by atoms with Crippen LogP contribution in [-0.4, -0.2) is 18.9 Å². The summed E-state index contributed by atoms with van der Waals surface area (Å²) in [6.07, 6.45) is 7.00. The average Bonchev–Trinajstić information content (AvgIpc) is 2.87. The smallest absolute Gasteiger partial charge is 0.343 e. The van der Waals surface area contributed by atoms with Gasteiger partial charge in [0.15, 0.2) is 5.78 Å². The van der Waals surface area contributed by atoms with Crippen molar-refractivity contribution in [1.82, 2.24) is 0 Å². The lowest BCUT2D eigenvalue weighted by Crippen LogP contribution is -2.11. The quantitative estimate of drug-likeness (QED) is 0.157. The maximum Gasteiger partial charge on any atom is 0.343 e. The van der Waals surface area contributed by atoms with E-state index < -0.39 is 5.97 Å². The van der Waals surface area contributed by atoms with Gasteiger partial charge in [-0.3, -0.25) is 4.79 Å². The molecule has 0 heterocycles. The summed E-state index contributed by atoms with van der Waals surface area (Å²) in [5.41, 5.74) is 5.57. The van der Waals surface area contributed by atoms with E-state index in [2.05, 4.69) is 38.1 Å². The lowest BCUT2D eigenvalue weighted by molar-refractivity contribution is 0.0733. The molecule has 0 fully saturated rings. The van der Waals surface area contributed by atoms with Crippen molar-refractivity contribution in [1.29, 1.82) is 0 Å². The first-order chi connectivity index (χ1) is 16.9. The number of methoxy groups -OCH3 is 1. The van der Waals surface area contributed by atoms with E-state index in [1.165, 1.54) is 23.6 Å². The van der Waals surface area contributed by atoms with Crippen molar-refractivity contribution < 1.29 is 19.1 Å². The third-order valence-corrected chi connectivity index (χ3v) is 6.18. The van der Waals surface area contributed by atoms with Gasteiger partial charge < -0.3 is 9.47 Å². The highest BCUT2D eigenvalue weighted by Crippen LogP contribution is 2.27. The van der Waals surface area contributed by atoms with Crippen LogP contribution in [0.25, 0.3) is 0 Å². The molecule has 0 unspecified atom stereocenters. The molecule has 0 amide bonds. The first-order valence-electron chi connectivity index (χ1n) is 12.6. The van der Waals surface area contributed by atoms with Crippen molar-refractivity contribution in [2.75, 3.05) is 7.11 Å². The number of esters is 1. The van der Waals surface area contributed by atoms with Gasteiger partial charge in [0, 0.05) is 5.56 Å². The second kappa shape index (κ2) is 12.9. The molecule has 184 valence electrons. The number of Topliss-reactive ketones (excluding diaryl/α,β-unsaturated/α-hetero) is 1. The highest BCUT2D eigenvalue weighted by Gasteiger charge is 2.14. The van der Waals surface area contributed by atoms with Gasteiger partial charge in [0.05, 0.1) is 12.7 Å². The van der Waals surface area contributed by atoms with E-state index in [4.69, 9.17) is 9.47 Å². The molecule has 0 aliphatic carbocycles. The zero-order valence-electron chi connectivity index (χ0n) is 21.4. The monoisotopic (exact) mass is 472 g/mol. The summed E-state index contributed by atoms with van der Waals surface area (Å²) < 4.78 is 11.3. The summed E-state index contributed by atoms with van der Waals surface area (Å²) in [5.74, 6) is 0.999. The fraction of sp³-hybridized carbons (Fsp3) is 0.355. The molecule has 0 aliphatic heterocycles. The molecule has 0 saturated heterocycles. The van der Waals surface area contributed by atoms with Gasteiger partial charge in [-0.05, 0) is 85.5 Å². The Balaban J connectivity index is 1.83. The van der Waals surface area contributed by atoms with Gasteiger partial charge in [0.25, 0.3) is 0 Å². The van der Waals surface area contributed by atoms with Crippen molar-refractivity contribution in [3.8, 4) is 11.5 Å². The van der Waals surface area contributed by atoms with Gasteiger partial charge in [-0.2, -0.15) is 0 Å². The van der Waals surface area contributed by atoms with Crippen molar-refractivity contribution in [3.63, 3.8) is 0 Å². The van der Waals surface area contributed by atoms with Gasteiger partial charge in [-0.1, -0.05) is 63.1 Å². The molecule has 4 nitrogen and oxygen atoms in total. The minimum atomic E-state index is -0.450. The SMILES string of the molecule is CCCCc1cc(Cc2ccc(OC(=O)c3cccc(C(C)=O)c3)c(CCCC)c2)ccc1OC. The Kier molecular flexibility index (Phi) is 9.66. The van der Waals surface area contributed by atoms with Crippen molar-refractivity contribution in [2.45, 2.75) is 65.7 Å². The molecular formula is C31H36O4. The van der Waals surface area contributed by atoms with Crippen LogP contribution in [0.2, 0.25) is 0 Å². The molecule has 0 spiro atoms. The molecule has 0 aliphatic rings. The number of hydrogen-bond acceptors (Lipinski definition) is 4. The maximum absolute atomic E-state index is 12.8. The van der Waals surface area contributed by atoms with Gasteiger partial charge in [0.2, 0.25) is 0 Å². The van der Waals surface area contributed by atoms with Crippen molar-refractivity contribution in [3.05, 3.63) is 94.0 Å². The molecule has 0 aromatic heterocycles. The van der Waals surface area contributed by atoms with Crippen molar-refractivity contribution in [2.24, 2.45) is 0 Å². The lowest BCUT2D eigenvalue weighted by Gasteiger charge is -2.14. The Bertz CT molecular complexity index is 1160. The lowest BCUT2D eigenvalue weighted by atomic mass is 9.97. The third-order valence-electron chi connectivity index (χ3n) is 6.18. The summed E-state index contributed by atoms with van der Waals surface area (Å²) in [6, 6.07) is 19.2. The van der Waals surface area contributed by atoms with E-state index in [0.717, 1.165) is 56.3 Å². The van der Waals surface area contributed by atoms with E-state index in [9.17, 15) is 9.59 Å². The zero-order chi connectivity index (χ0) is 25.2. The molecular weight excluding hydrogens is 436 g/mol. The summed E-state index contributed by atoms with van der Waals surface area (Å²) >= 11 is 0. The van der Waals surface area contributed by atoms with Gasteiger partial charge >= 0.3 is 5.97 Å². The normalized spacial score (nSPS) is 10.7. The largest absolute Gasteiger partial charge is 0.496 e. The number of ketones is 1. The maximum atomic E-state index is 12.8. The molecule has 3 rings (SSSR count). The zero-order valence-corrected chi connectivity index (χ0v) is 21.4. The molecule has 0 N–H and O–H groups in total. The van der Waals surface area contributed by atoms with Crippen LogP contribution < -0.4 is 9.47 Å². The minimum absolute atomic E-state index is 0.0796. The number of rotatable bonds is 12. The molecule has 0 radical (unpaired) electrons. The molecule has 3 aromatic carbocycles.